The van der Waals surface area contributed by atoms with Gasteiger partial charge in [-0.25, -0.2) is 14.6 Å². The molecule has 0 aliphatic heterocycles. The lowest BCUT2D eigenvalue weighted by Crippen LogP contribution is -1.95. The number of rotatable bonds is 14. The van der Waals surface area contributed by atoms with E-state index in [1.54, 1.807) is 12.2 Å². The molecule has 25 heavy (non-hydrogen) atoms. The minimum atomic E-state index is 0.290. The average molecular weight is 342 g/mol. The van der Waals surface area contributed by atoms with Gasteiger partial charge in [0.05, 0.1) is 12.2 Å². The summed E-state index contributed by atoms with van der Waals surface area (Å²) >= 11 is 0. The Hall–Kier alpha value is -2.02. The van der Waals surface area contributed by atoms with Crippen molar-refractivity contribution in [3.05, 3.63) is 29.3 Å². The average Bonchev–Trinajstić information content (AvgIpc) is 2.63. The number of benzene rings is 1. The van der Waals surface area contributed by atoms with Gasteiger partial charge in [0.2, 0.25) is 12.2 Å². The van der Waals surface area contributed by atoms with Gasteiger partial charge in [0.25, 0.3) is 0 Å². The van der Waals surface area contributed by atoms with E-state index in [4.69, 9.17) is 0 Å². The van der Waals surface area contributed by atoms with E-state index in [9.17, 15) is 9.59 Å². The molecule has 0 aliphatic carbocycles. The number of unbranched alkanes of at least 4 members (excludes halogenated alkanes) is 9. The van der Waals surface area contributed by atoms with E-state index >= 15 is 0 Å². The van der Waals surface area contributed by atoms with E-state index < -0.39 is 0 Å². The van der Waals surface area contributed by atoms with Crippen LogP contribution >= 0.6 is 0 Å². The summed E-state index contributed by atoms with van der Waals surface area (Å²) in [6.07, 6.45) is 16.9. The van der Waals surface area contributed by atoms with Crippen molar-refractivity contribution in [2.45, 2.75) is 84.1 Å². The first-order valence-corrected chi connectivity index (χ1v) is 9.55. The van der Waals surface area contributed by atoms with E-state index in [0.29, 0.717) is 12.2 Å². The van der Waals surface area contributed by atoms with Crippen molar-refractivity contribution in [1.82, 2.24) is 0 Å². The van der Waals surface area contributed by atoms with Gasteiger partial charge < -0.3 is 0 Å². The topological polar surface area (TPSA) is 58.9 Å². The first-order valence-electron chi connectivity index (χ1n) is 9.55. The SMILES string of the molecule is CCCCCCCCCCCCc1c(CN=C=O)cccc1N=C=O. The van der Waals surface area contributed by atoms with Crippen molar-refractivity contribution >= 4 is 17.8 Å². The summed E-state index contributed by atoms with van der Waals surface area (Å²) in [7, 11) is 0. The molecule has 0 heterocycles. The van der Waals surface area contributed by atoms with Gasteiger partial charge in [-0.15, -0.1) is 0 Å². The van der Waals surface area contributed by atoms with Gasteiger partial charge in [0.15, 0.2) is 0 Å². The first kappa shape index (κ1) is 21.0. The Bertz CT molecular complexity index is 586. The summed E-state index contributed by atoms with van der Waals surface area (Å²) < 4.78 is 0. The molecule has 0 aliphatic rings. The number of hydrogen-bond acceptors (Lipinski definition) is 4. The first-order chi connectivity index (χ1) is 12.3. The molecule has 136 valence electrons. The van der Waals surface area contributed by atoms with Gasteiger partial charge in [-0.3, -0.25) is 0 Å². The summed E-state index contributed by atoms with van der Waals surface area (Å²) in [5, 5.41) is 0. The van der Waals surface area contributed by atoms with Crippen LogP contribution in [-0.4, -0.2) is 12.2 Å². The zero-order valence-corrected chi connectivity index (χ0v) is 15.4. The molecule has 0 saturated heterocycles. The molecule has 0 bridgehead atoms. The summed E-state index contributed by atoms with van der Waals surface area (Å²) in [5.74, 6) is 0. The summed E-state index contributed by atoms with van der Waals surface area (Å²) in [6.45, 7) is 2.54. The molecule has 4 nitrogen and oxygen atoms in total. The predicted molar refractivity (Wildman–Crippen MR) is 102 cm³/mol. The molecular weight excluding hydrogens is 312 g/mol. The van der Waals surface area contributed by atoms with Crippen LogP contribution in [0.2, 0.25) is 0 Å². The summed E-state index contributed by atoms with van der Waals surface area (Å²) in [6, 6.07) is 5.56. The van der Waals surface area contributed by atoms with Crippen LogP contribution in [0.25, 0.3) is 0 Å². The second kappa shape index (κ2) is 14.3. The molecule has 0 unspecified atom stereocenters. The lowest BCUT2D eigenvalue weighted by Gasteiger charge is -2.10. The molecular formula is C21H30N2O2. The van der Waals surface area contributed by atoms with Gasteiger partial charge in [-0.05, 0) is 30.0 Å². The minimum Gasteiger partial charge on any atom is -0.211 e. The van der Waals surface area contributed by atoms with E-state index in [1.165, 1.54) is 57.8 Å². The largest absolute Gasteiger partial charge is 0.240 e. The summed E-state index contributed by atoms with van der Waals surface area (Å²) in [4.78, 5) is 28.4. The quantitative estimate of drug-likeness (QED) is 0.238. The Balaban J connectivity index is 2.37. The van der Waals surface area contributed by atoms with Gasteiger partial charge in [-0.1, -0.05) is 76.8 Å². The molecule has 0 N–H and O–H groups in total. The van der Waals surface area contributed by atoms with Gasteiger partial charge in [0, 0.05) is 0 Å². The molecule has 1 aromatic carbocycles. The maximum atomic E-state index is 10.6. The van der Waals surface area contributed by atoms with E-state index in [0.717, 1.165) is 24.0 Å². The second-order valence-corrected chi connectivity index (χ2v) is 6.46. The highest BCUT2D eigenvalue weighted by molar-refractivity contribution is 5.56. The molecule has 1 rings (SSSR count). The maximum absolute atomic E-state index is 10.6. The predicted octanol–water partition coefficient (Wildman–Crippen LogP) is 5.95. The van der Waals surface area contributed by atoms with Gasteiger partial charge in [0.1, 0.15) is 0 Å². The molecule has 0 saturated carbocycles. The van der Waals surface area contributed by atoms with Crippen LogP contribution in [0, 0.1) is 0 Å². The monoisotopic (exact) mass is 342 g/mol. The maximum Gasteiger partial charge on any atom is 0.240 e. The summed E-state index contributed by atoms with van der Waals surface area (Å²) in [5.41, 5.74) is 2.59. The van der Waals surface area contributed by atoms with Gasteiger partial charge >= 0.3 is 0 Å². The van der Waals surface area contributed by atoms with Crippen LogP contribution in [0.3, 0.4) is 0 Å². The lowest BCUT2D eigenvalue weighted by molar-refractivity contribution is 0.555. The number of nitrogens with zero attached hydrogens (tertiary/aromatic N) is 2. The van der Waals surface area contributed by atoms with Crippen LogP contribution in [0.4, 0.5) is 5.69 Å². The van der Waals surface area contributed by atoms with Crippen LogP contribution in [0.15, 0.2) is 28.2 Å². The van der Waals surface area contributed by atoms with Crippen molar-refractivity contribution in [2.75, 3.05) is 0 Å². The molecule has 0 atom stereocenters. The van der Waals surface area contributed by atoms with E-state index in [-0.39, 0.29) is 0 Å². The third-order valence-electron chi connectivity index (χ3n) is 4.51. The molecule has 0 fully saturated rings. The highest BCUT2D eigenvalue weighted by Crippen LogP contribution is 2.25. The molecule has 1 aromatic rings. The molecule has 0 spiro atoms. The standard InChI is InChI=1S/C21H30N2O2/c1-2-3-4-5-6-7-8-9-10-11-14-20-19(16-22-17-24)13-12-15-21(20)23-18-25/h12-13,15H,2-11,14,16H2,1H3. The fraction of sp³-hybridized carbons (Fsp3) is 0.619. The Morgan fingerprint density at radius 2 is 1.48 bits per heavy atom. The fourth-order valence-corrected chi connectivity index (χ4v) is 3.12. The lowest BCUT2D eigenvalue weighted by atomic mass is 9.98. The Labute approximate surface area is 151 Å². The zero-order chi connectivity index (χ0) is 18.2. The molecule has 4 heteroatoms. The highest BCUT2D eigenvalue weighted by atomic mass is 16.1. The second-order valence-electron chi connectivity index (χ2n) is 6.46. The number of carbonyl (C=O) groups excluding carboxylic acids is 2. The minimum absolute atomic E-state index is 0.290. The Morgan fingerprint density at radius 1 is 0.840 bits per heavy atom. The van der Waals surface area contributed by atoms with Gasteiger partial charge in [-0.2, -0.15) is 4.99 Å². The van der Waals surface area contributed by atoms with Crippen LogP contribution in [0.5, 0.6) is 0 Å². The number of aliphatic imine (C=N–C) groups is 2. The number of hydrogen-bond donors (Lipinski definition) is 0. The third-order valence-corrected chi connectivity index (χ3v) is 4.51. The van der Waals surface area contributed by atoms with Crippen molar-refractivity contribution in [3.63, 3.8) is 0 Å². The smallest absolute Gasteiger partial charge is 0.211 e. The highest BCUT2D eigenvalue weighted by Gasteiger charge is 2.08. The van der Waals surface area contributed by atoms with Crippen molar-refractivity contribution in [3.8, 4) is 0 Å². The molecule has 0 amide bonds. The van der Waals surface area contributed by atoms with E-state index in [2.05, 4.69) is 16.9 Å². The molecule has 0 aromatic heterocycles. The number of isocyanates is 2. The van der Waals surface area contributed by atoms with Crippen molar-refractivity contribution in [2.24, 2.45) is 9.98 Å². The third kappa shape index (κ3) is 9.14. The van der Waals surface area contributed by atoms with E-state index in [1.807, 2.05) is 18.2 Å². The van der Waals surface area contributed by atoms with Crippen molar-refractivity contribution in [1.29, 1.82) is 0 Å². The van der Waals surface area contributed by atoms with Crippen molar-refractivity contribution < 1.29 is 9.59 Å². The van der Waals surface area contributed by atoms with Crippen LogP contribution < -0.4 is 0 Å². The van der Waals surface area contributed by atoms with Crippen LogP contribution in [-0.2, 0) is 22.6 Å². The van der Waals surface area contributed by atoms with Crippen LogP contribution in [0.1, 0.15) is 82.3 Å². The Kier molecular flexibility index (Phi) is 12.1. The fourth-order valence-electron chi connectivity index (χ4n) is 3.12. The Morgan fingerprint density at radius 3 is 2.08 bits per heavy atom. The normalized spacial score (nSPS) is 10.1. The zero-order valence-electron chi connectivity index (χ0n) is 15.4. The molecule has 0 radical (unpaired) electrons.